The zero-order valence-corrected chi connectivity index (χ0v) is 11.3. The van der Waals surface area contributed by atoms with E-state index in [1.165, 1.54) is 6.08 Å². The molecule has 3 heteroatoms. The molecule has 102 valence electrons. The van der Waals surface area contributed by atoms with Crippen molar-refractivity contribution in [2.75, 3.05) is 5.73 Å². The highest BCUT2D eigenvalue weighted by Gasteiger charge is 2.08. The molecule has 2 aromatic rings. The van der Waals surface area contributed by atoms with Crippen LogP contribution in [0.25, 0.3) is 6.08 Å². The van der Waals surface area contributed by atoms with Crippen LogP contribution in [0.2, 0.25) is 0 Å². The zero-order chi connectivity index (χ0) is 14.4. The van der Waals surface area contributed by atoms with Gasteiger partial charge < -0.3 is 10.5 Å². The number of carbonyl (C=O) groups excluding carboxylic acids is 1. The monoisotopic (exact) mass is 267 g/mol. The lowest BCUT2D eigenvalue weighted by Gasteiger charge is -2.11. The van der Waals surface area contributed by atoms with E-state index in [1.807, 2.05) is 49.4 Å². The highest BCUT2D eigenvalue weighted by molar-refractivity contribution is 5.87. The van der Waals surface area contributed by atoms with Crippen LogP contribution in [0.1, 0.15) is 24.2 Å². The van der Waals surface area contributed by atoms with E-state index in [0.717, 1.165) is 11.1 Å². The van der Waals surface area contributed by atoms with Gasteiger partial charge in [-0.1, -0.05) is 42.5 Å². The molecular weight excluding hydrogens is 250 g/mol. The number of hydrogen-bond acceptors (Lipinski definition) is 3. The first-order chi connectivity index (χ1) is 9.65. The van der Waals surface area contributed by atoms with Crippen molar-refractivity contribution in [3.8, 4) is 0 Å². The van der Waals surface area contributed by atoms with Gasteiger partial charge in [-0.25, -0.2) is 4.79 Å². The van der Waals surface area contributed by atoms with E-state index in [-0.39, 0.29) is 12.1 Å². The minimum Gasteiger partial charge on any atom is -0.455 e. The van der Waals surface area contributed by atoms with Gasteiger partial charge in [0.1, 0.15) is 6.10 Å². The van der Waals surface area contributed by atoms with Crippen molar-refractivity contribution in [1.29, 1.82) is 0 Å². The second-order valence-electron chi connectivity index (χ2n) is 4.49. The number of esters is 1. The van der Waals surface area contributed by atoms with Gasteiger partial charge in [0.2, 0.25) is 0 Å². The number of hydrogen-bond donors (Lipinski definition) is 1. The van der Waals surface area contributed by atoms with Crippen LogP contribution in [0.4, 0.5) is 5.69 Å². The quantitative estimate of drug-likeness (QED) is 0.523. The van der Waals surface area contributed by atoms with Crippen LogP contribution in [0.5, 0.6) is 0 Å². The molecule has 0 saturated carbocycles. The lowest BCUT2D eigenvalue weighted by Crippen LogP contribution is -2.05. The lowest BCUT2D eigenvalue weighted by atomic mass is 10.1. The molecule has 1 atom stereocenters. The summed E-state index contributed by atoms with van der Waals surface area (Å²) in [4.78, 5) is 11.7. The van der Waals surface area contributed by atoms with Crippen molar-refractivity contribution in [3.05, 3.63) is 71.8 Å². The van der Waals surface area contributed by atoms with Gasteiger partial charge in [-0.05, 0) is 36.3 Å². The second kappa shape index (κ2) is 6.57. The predicted molar refractivity (Wildman–Crippen MR) is 80.8 cm³/mol. The first-order valence-corrected chi connectivity index (χ1v) is 6.44. The first kappa shape index (κ1) is 13.9. The third kappa shape index (κ3) is 3.99. The van der Waals surface area contributed by atoms with Crippen LogP contribution in [-0.4, -0.2) is 5.97 Å². The maximum atomic E-state index is 11.7. The molecule has 0 radical (unpaired) electrons. The van der Waals surface area contributed by atoms with Crippen LogP contribution < -0.4 is 5.73 Å². The Morgan fingerprint density at radius 2 is 1.90 bits per heavy atom. The Bertz CT molecular complexity index is 605. The van der Waals surface area contributed by atoms with Crippen LogP contribution in [0.15, 0.2) is 60.7 Å². The minimum atomic E-state index is -0.372. The highest BCUT2D eigenvalue weighted by Crippen LogP contribution is 2.16. The number of rotatable bonds is 4. The Morgan fingerprint density at radius 3 is 2.60 bits per heavy atom. The van der Waals surface area contributed by atoms with E-state index in [1.54, 1.807) is 18.2 Å². The van der Waals surface area contributed by atoms with Crippen molar-refractivity contribution < 1.29 is 9.53 Å². The fourth-order valence-electron chi connectivity index (χ4n) is 1.83. The fraction of sp³-hybridized carbons (Fsp3) is 0.118. The maximum Gasteiger partial charge on any atom is 0.331 e. The summed E-state index contributed by atoms with van der Waals surface area (Å²) in [6.07, 6.45) is 2.83. The lowest BCUT2D eigenvalue weighted by molar-refractivity contribution is -0.142. The molecule has 0 aliphatic rings. The van der Waals surface area contributed by atoms with E-state index in [9.17, 15) is 4.79 Å². The summed E-state index contributed by atoms with van der Waals surface area (Å²) in [5.74, 6) is -0.372. The zero-order valence-electron chi connectivity index (χ0n) is 11.3. The van der Waals surface area contributed by atoms with Crippen LogP contribution >= 0.6 is 0 Å². The Labute approximate surface area is 118 Å². The smallest absolute Gasteiger partial charge is 0.331 e. The van der Waals surface area contributed by atoms with E-state index in [4.69, 9.17) is 10.5 Å². The molecule has 0 heterocycles. The summed E-state index contributed by atoms with van der Waals surface area (Å²) in [7, 11) is 0. The molecule has 2 aromatic carbocycles. The van der Waals surface area contributed by atoms with Crippen LogP contribution in [0, 0.1) is 0 Å². The molecule has 0 bridgehead atoms. The molecule has 1 unspecified atom stereocenters. The van der Waals surface area contributed by atoms with Gasteiger partial charge in [-0.2, -0.15) is 0 Å². The standard InChI is InChI=1S/C17H17NO2/c1-13(15-7-3-2-4-8-15)20-17(19)11-10-14-6-5-9-16(18)12-14/h2-13H,18H2,1H3/b11-10+. The Kier molecular flexibility index (Phi) is 4.56. The molecular formula is C17H17NO2. The fourth-order valence-corrected chi connectivity index (χ4v) is 1.83. The molecule has 0 fully saturated rings. The highest BCUT2D eigenvalue weighted by atomic mass is 16.5. The minimum absolute atomic E-state index is 0.269. The first-order valence-electron chi connectivity index (χ1n) is 6.44. The summed E-state index contributed by atoms with van der Waals surface area (Å²) in [6.45, 7) is 1.85. The summed E-state index contributed by atoms with van der Waals surface area (Å²) < 4.78 is 5.33. The van der Waals surface area contributed by atoms with Crippen molar-refractivity contribution in [1.82, 2.24) is 0 Å². The number of nitrogen functional groups attached to an aromatic ring is 1. The number of ether oxygens (including phenoxy) is 1. The average Bonchev–Trinajstić information content (AvgIpc) is 2.46. The largest absolute Gasteiger partial charge is 0.455 e. The normalized spacial score (nSPS) is 12.2. The number of nitrogens with two attached hydrogens (primary N) is 1. The van der Waals surface area contributed by atoms with E-state index in [2.05, 4.69) is 0 Å². The molecule has 0 aliphatic heterocycles. The molecule has 0 spiro atoms. The molecule has 3 nitrogen and oxygen atoms in total. The van der Waals surface area contributed by atoms with Gasteiger partial charge in [0.25, 0.3) is 0 Å². The third-order valence-electron chi connectivity index (χ3n) is 2.88. The van der Waals surface area contributed by atoms with Crippen LogP contribution in [0.3, 0.4) is 0 Å². The molecule has 0 amide bonds. The van der Waals surface area contributed by atoms with Gasteiger partial charge >= 0.3 is 5.97 Å². The summed E-state index contributed by atoms with van der Waals surface area (Å²) in [6, 6.07) is 16.9. The van der Waals surface area contributed by atoms with E-state index in [0.29, 0.717) is 5.69 Å². The molecule has 2 N–H and O–H groups in total. The van der Waals surface area contributed by atoms with Crippen molar-refractivity contribution in [3.63, 3.8) is 0 Å². The van der Waals surface area contributed by atoms with Crippen LogP contribution in [-0.2, 0) is 9.53 Å². The number of carbonyl (C=O) groups is 1. The summed E-state index contributed by atoms with van der Waals surface area (Å²) in [5, 5.41) is 0. The van der Waals surface area contributed by atoms with Gasteiger partial charge in [-0.15, -0.1) is 0 Å². The average molecular weight is 267 g/mol. The Morgan fingerprint density at radius 1 is 1.15 bits per heavy atom. The number of benzene rings is 2. The van der Waals surface area contributed by atoms with Gasteiger partial charge in [-0.3, -0.25) is 0 Å². The summed E-state index contributed by atoms with van der Waals surface area (Å²) >= 11 is 0. The van der Waals surface area contributed by atoms with Crippen molar-refractivity contribution in [2.45, 2.75) is 13.0 Å². The SMILES string of the molecule is CC(OC(=O)/C=C/c1cccc(N)c1)c1ccccc1. The van der Waals surface area contributed by atoms with Gasteiger partial charge in [0.05, 0.1) is 0 Å². The predicted octanol–water partition coefficient (Wildman–Crippen LogP) is 3.59. The van der Waals surface area contributed by atoms with Gasteiger partial charge in [0.15, 0.2) is 0 Å². The maximum absolute atomic E-state index is 11.7. The molecule has 0 aliphatic carbocycles. The molecule has 0 aromatic heterocycles. The topological polar surface area (TPSA) is 52.3 Å². The second-order valence-corrected chi connectivity index (χ2v) is 4.49. The van der Waals surface area contributed by atoms with Crippen molar-refractivity contribution >= 4 is 17.7 Å². The van der Waals surface area contributed by atoms with Gasteiger partial charge in [0, 0.05) is 11.8 Å². The Balaban J connectivity index is 1.96. The Hall–Kier alpha value is -2.55. The summed E-state index contributed by atoms with van der Waals surface area (Å²) in [5.41, 5.74) is 8.18. The van der Waals surface area contributed by atoms with E-state index < -0.39 is 0 Å². The third-order valence-corrected chi connectivity index (χ3v) is 2.88. The molecule has 0 saturated heterocycles. The van der Waals surface area contributed by atoms with Crippen molar-refractivity contribution in [2.24, 2.45) is 0 Å². The van der Waals surface area contributed by atoms with E-state index >= 15 is 0 Å². The molecule has 20 heavy (non-hydrogen) atoms. The molecule has 2 rings (SSSR count). The number of anilines is 1.